The van der Waals surface area contributed by atoms with E-state index in [1.807, 2.05) is 0 Å². The molecule has 9 heteroatoms. The van der Waals surface area contributed by atoms with Gasteiger partial charge in [0.15, 0.2) is 5.69 Å². The third-order valence-corrected chi connectivity index (χ3v) is 3.77. The number of alkyl halides is 1. The van der Waals surface area contributed by atoms with Crippen molar-refractivity contribution in [1.82, 2.24) is 0 Å². The number of hydrogen-bond donors (Lipinski definition) is 1. The fourth-order valence-corrected chi connectivity index (χ4v) is 2.01. The molecule has 0 bridgehead atoms. The lowest BCUT2D eigenvalue weighted by molar-refractivity contribution is -0.384. The summed E-state index contributed by atoms with van der Waals surface area (Å²) in [6.07, 6.45) is 0. The van der Waals surface area contributed by atoms with Crippen molar-refractivity contribution in [2.75, 3.05) is 5.88 Å². The maximum atomic E-state index is 10.8. The minimum Gasteiger partial charge on any atom is -0.386 e. The van der Waals surface area contributed by atoms with Crippen LogP contribution >= 0.6 is 50.7 Å². The summed E-state index contributed by atoms with van der Waals surface area (Å²) in [6.45, 7) is 0. The van der Waals surface area contributed by atoms with E-state index in [2.05, 4.69) is 20.9 Å². The van der Waals surface area contributed by atoms with Crippen LogP contribution in [0.2, 0.25) is 10.0 Å². The fourth-order valence-electron chi connectivity index (χ4n) is 0.992. The highest BCUT2D eigenvalue weighted by atomic mass is 79.9. The molecule has 0 fully saturated rings. The van der Waals surface area contributed by atoms with Gasteiger partial charge in [-0.3, -0.25) is 10.1 Å². The van der Waals surface area contributed by atoms with Gasteiger partial charge in [-0.05, 0) is 15.9 Å². The predicted molar refractivity (Wildman–Crippen MR) is 72.8 cm³/mol. The summed E-state index contributed by atoms with van der Waals surface area (Å²) in [5.74, 6) is -0.0158. The predicted octanol–water partition coefficient (Wildman–Crippen LogP) is 3.89. The minimum absolute atomic E-state index is 0.0115. The Kier molecular flexibility index (Phi) is 5.00. The average Bonchev–Trinajstić information content (AvgIpc) is 2.28. The molecule has 1 aromatic rings. The van der Waals surface area contributed by atoms with Crippen molar-refractivity contribution in [3.63, 3.8) is 0 Å². The van der Waals surface area contributed by atoms with Gasteiger partial charge < -0.3 is 5.73 Å². The number of nitro benzene ring substituents is 1. The van der Waals surface area contributed by atoms with Crippen LogP contribution in [0.25, 0.3) is 0 Å². The highest BCUT2D eigenvalue weighted by molar-refractivity contribution is 9.10. The van der Waals surface area contributed by atoms with Gasteiger partial charge in [-0.25, -0.2) is 4.99 Å². The van der Waals surface area contributed by atoms with Crippen LogP contribution in [0.4, 0.5) is 11.4 Å². The number of rotatable bonds is 3. The first-order valence-corrected chi connectivity index (χ1v) is 6.17. The van der Waals surface area contributed by atoms with Crippen molar-refractivity contribution in [3.8, 4) is 0 Å². The molecule has 0 saturated carbocycles. The van der Waals surface area contributed by atoms with Crippen molar-refractivity contribution < 1.29 is 4.92 Å². The summed E-state index contributed by atoms with van der Waals surface area (Å²) < 4.78 is 0.200. The third kappa shape index (κ3) is 3.22. The molecule has 0 heterocycles. The van der Waals surface area contributed by atoms with Crippen LogP contribution in [0, 0.1) is 10.1 Å². The molecule has 0 aromatic heterocycles. The third-order valence-electron chi connectivity index (χ3n) is 1.71. The number of aliphatic imine (C=N–C) groups is 1. The second-order valence-corrected chi connectivity index (χ2v) is 4.69. The normalized spacial score (nSPS) is 11.6. The summed E-state index contributed by atoms with van der Waals surface area (Å²) in [4.78, 5) is 14.0. The zero-order valence-corrected chi connectivity index (χ0v) is 11.9. The van der Waals surface area contributed by atoms with Gasteiger partial charge in [0.05, 0.1) is 25.3 Å². The van der Waals surface area contributed by atoms with E-state index in [4.69, 9.17) is 40.5 Å². The number of nitro groups is 1. The van der Waals surface area contributed by atoms with E-state index in [9.17, 15) is 10.1 Å². The number of nitrogens with zero attached hydrogens (tertiary/aromatic N) is 2. The molecule has 0 spiro atoms. The molecule has 0 amide bonds. The van der Waals surface area contributed by atoms with Crippen LogP contribution in [0.5, 0.6) is 0 Å². The van der Waals surface area contributed by atoms with E-state index < -0.39 is 4.92 Å². The van der Waals surface area contributed by atoms with E-state index in [0.29, 0.717) is 0 Å². The van der Waals surface area contributed by atoms with E-state index in [0.717, 1.165) is 6.07 Å². The molecule has 0 aliphatic carbocycles. The highest BCUT2D eigenvalue weighted by Gasteiger charge is 2.22. The molecular formula is C8H5BrCl3N3O2. The van der Waals surface area contributed by atoms with Gasteiger partial charge in [-0.2, -0.15) is 0 Å². The number of amidine groups is 1. The smallest absolute Gasteiger partial charge is 0.297 e. The van der Waals surface area contributed by atoms with Crippen LogP contribution in [-0.4, -0.2) is 16.6 Å². The molecule has 0 atom stereocenters. The number of halogens is 4. The first-order valence-electron chi connectivity index (χ1n) is 4.09. The van der Waals surface area contributed by atoms with Crippen molar-refractivity contribution in [1.29, 1.82) is 0 Å². The van der Waals surface area contributed by atoms with Crippen LogP contribution < -0.4 is 5.73 Å². The number of benzene rings is 1. The molecule has 1 rings (SSSR count). The van der Waals surface area contributed by atoms with Crippen LogP contribution in [0.1, 0.15) is 0 Å². The Morgan fingerprint density at radius 3 is 2.65 bits per heavy atom. The number of hydrogen-bond acceptors (Lipinski definition) is 3. The van der Waals surface area contributed by atoms with Gasteiger partial charge in [-0.15, -0.1) is 11.6 Å². The van der Waals surface area contributed by atoms with E-state index in [1.165, 1.54) is 0 Å². The Morgan fingerprint density at radius 2 is 2.18 bits per heavy atom. The average molecular weight is 361 g/mol. The van der Waals surface area contributed by atoms with Gasteiger partial charge in [0.2, 0.25) is 0 Å². The molecule has 2 N–H and O–H groups in total. The lowest BCUT2D eigenvalue weighted by Gasteiger charge is -2.05. The summed E-state index contributed by atoms with van der Waals surface area (Å²) in [5.41, 5.74) is 5.11. The topological polar surface area (TPSA) is 81.5 Å². The quantitative estimate of drug-likeness (QED) is 0.221. The molecule has 0 radical (unpaired) electrons. The minimum atomic E-state index is -0.632. The first kappa shape index (κ1) is 14.5. The molecule has 0 aliphatic heterocycles. The second-order valence-electron chi connectivity index (χ2n) is 2.85. The lowest BCUT2D eigenvalue weighted by atomic mass is 10.2. The Bertz CT molecular complexity index is 507. The fraction of sp³-hybridized carbons (Fsp3) is 0.125. The summed E-state index contributed by atoms with van der Waals surface area (Å²) in [6, 6.07) is 1.11. The molecular weight excluding hydrogens is 356 g/mol. The molecule has 5 nitrogen and oxygen atoms in total. The van der Waals surface area contributed by atoms with Gasteiger partial charge in [-0.1, -0.05) is 23.2 Å². The van der Waals surface area contributed by atoms with Crippen LogP contribution in [0.15, 0.2) is 15.5 Å². The summed E-state index contributed by atoms with van der Waals surface area (Å²) in [7, 11) is 0. The van der Waals surface area contributed by atoms with E-state index in [-0.39, 0.29) is 37.6 Å². The maximum absolute atomic E-state index is 10.8. The van der Waals surface area contributed by atoms with Crippen LogP contribution in [-0.2, 0) is 0 Å². The first-order chi connectivity index (χ1) is 7.88. The highest BCUT2D eigenvalue weighted by Crippen LogP contribution is 2.44. The van der Waals surface area contributed by atoms with Gasteiger partial charge in [0.1, 0.15) is 5.84 Å². The zero-order valence-electron chi connectivity index (χ0n) is 8.08. The monoisotopic (exact) mass is 359 g/mol. The zero-order chi connectivity index (χ0) is 13.2. The standard InChI is InChI=1S/C8H5BrCl3N3O2/c9-6-7(12)3(11)1-4(15(16)17)8(6)14-5(13)2-10/h1H,2H2,(H2,13,14). The largest absolute Gasteiger partial charge is 0.386 e. The molecule has 17 heavy (non-hydrogen) atoms. The van der Waals surface area contributed by atoms with Gasteiger partial charge in [0.25, 0.3) is 5.69 Å². The van der Waals surface area contributed by atoms with E-state index in [1.54, 1.807) is 0 Å². The summed E-state index contributed by atoms with van der Waals surface area (Å²) >= 11 is 20.1. The SMILES string of the molecule is NC(CCl)=Nc1c([N+](=O)[O-])cc(Cl)c(Cl)c1Br. The maximum Gasteiger partial charge on any atom is 0.297 e. The number of nitrogens with two attached hydrogens (primary N) is 1. The van der Waals surface area contributed by atoms with Gasteiger partial charge in [0, 0.05) is 6.07 Å². The Balaban J connectivity index is 3.55. The van der Waals surface area contributed by atoms with Crippen molar-refractivity contribution in [2.45, 2.75) is 0 Å². The Hall–Kier alpha value is -0.560. The molecule has 0 aliphatic rings. The van der Waals surface area contributed by atoms with Crippen molar-refractivity contribution in [3.05, 3.63) is 30.7 Å². The molecule has 92 valence electrons. The summed E-state index contributed by atoms with van der Waals surface area (Å²) in [5, 5.41) is 11.0. The Morgan fingerprint density at radius 1 is 1.59 bits per heavy atom. The van der Waals surface area contributed by atoms with Crippen LogP contribution in [0.3, 0.4) is 0 Å². The van der Waals surface area contributed by atoms with Crippen molar-refractivity contribution in [2.24, 2.45) is 10.7 Å². The molecule has 0 unspecified atom stereocenters. The van der Waals surface area contributed by atoms with E-state index >= 15 is 0 Å². The second kappa shape index (κ2) is 5.86. The van der Waals surface area contributed by atoms with Gasteiger partial charge >= 0.3 is 0 Å². The van der Waals surface area contributed by atoms with Crippen molar-refractivity contribution >= 4 is 67.9 Å². The lowest BCUT2D eigenvalue weighted by Crippen LogP contribution is -2.12. The molecule has 1 aromatic carbocycles. The Labute approximate surface area is 120 Å². The molecule has 0 saturated heterocycles.